The zero-order chi connectivity index (χ0) is 17.6. The molecule has 122 valence electrons. The highest BCUT2D eigenvalue weighted by molar-refractivity contribution is 5.93. The first-order valence-electron chi connectivity index (χ1n) is 7.60. The largest absolute Gasteiger partial charge is 0.496 e. The number of nitrogens with two attached hydrogens (primary N) is 1. The highest BCUT2D eigenvalue weighted by Crippen LogP contribution is 2.36. The SMILES string of the molecule is COc1ccc(C)c(-n2c(N)c(C#N)c3c(C)nc(C)nc32)c1C. The van der Waals surface area contributed by atoms with Gasteiger partial charge in [-0.3, -0.25) is 4.57 Å². The van der Waals surface area contributed by atoms with Crippen molar-refractivity contribution in [3.05, 3.63) is 40.3 Å². The van der Waals surface area contributed by atoms with Crippen molar-refractivity contribution in [3.8, 4) is 17.5 Å². The van der Waals surface area contributed by atoms with E-state index in [1.165, 1.54) is 0 Å². The number of nitrogens with zero attached hydrogens (tertiary/aromatic N) is 4. The van der Waals surface area contributed by atoms with Crippen molar-refractivity contribution in [1.29, 1.82) is 5.26 Å². The van der Waals surface area contributed by atoms with E-state index in [1.807, 2.05) is 44.4 Å². The first-order valence-corrected chi connectivity index (χ1v) is 7.60. The number of rotatable bonds is 2. The van der Waals surface area contributed by atoms with Crippen molar-refractivity contribution in [2.24, 2.45) is 0 Å². The van der Waals surface area contributed by atoms with Gasteiger partial charge in [0.1, 0.15) is 29.0 Å². The third-order valence-corrected chi connectivity index (χ3v) is 4.28. The van der Waals surface area contributed by atoms with Gasteiger partial charge in [-0.25, -0.2) is 9.97 Å². The molecule has 24 heavy (non-hydrogen) atoms. The summed E-state index contributed by atoms with van der Waals surface area (Å²) < 4.78 is 7.28. The van der Waals surface area contributed by atoms with Gasteiger partial charge in [-0.1, -0.05) is 6.07 Å². The molecule has 6 heteroatoms. The number of ether oxygens (including phenoxy) is 1. The van der Waals surface area contributed by atoms with Gasteiger partial charge in [-0.05, 0) is 39.3 Å². The molecule has 0 radical (unpaired) electrons. The quantitative estimate of drug-likeness (QED) is 0.783. The Morgan fingerprint density at radius 1 is 1.17 bits per heavy atom. The van der Waals surface area contributed by atoms with E-state index in [9.17, 15) is 5.26 Å². The Morgan fingerprint density at radius 2 is 1.88 bits per heavy atom. The molecule has 0 aliphatic heterocycles. The minimum atomic E-state index is 0.370. The first kappa shape index (κ1) is 15.8. The van der Waals surface area contributed by atoms with Gasteiger partial charge in [0.2, 0.25) is 0 Å². The molecule has 2 heterocycles. The molecule has 3 rings (SSSR count). The Bertz CT molecular complexity index is 1010. The second kappa shape index (κ2) is 5.53. The highest BCUT2D eigenvalue weighted by Gasteiger charge is 2.23. The monoisotopic (exact) mass is 321 g/mol. The molecule has 2 N–H and O–H groups in total. The lowest BCUT2D eigenvalue weighted by Crippen LogP contribution is -2.07. The van der Waals surface area contributed by atoms with Crippen LogP contribution in [0, 0.1) is 39.0 Å². The van der Waals surface area contributed by atoms with Crippen LogP contribution < -0.4 is 10.5 Å². The fourth-order valence-electron chi connectivity index (χ4n) is 3.22. The van der Waals surface area contributed by atoms with Crippen LogP contribution in [0.1, 0.15) is 28.2 Å². The molecule has 0 unspecified atom stereocenters. The lowest BCUT2D eigenvalue weighted by molar-refractivity contribution is 0.411. The number of methoxy groups -OCH3 is 1. The van der Waals surface area contributed by atoms with Crippen LogP contribution in [0.3, 0.4) is 0 Å². The molecular weight excluding hydrogens is 302 g/mol. The van der Waals surface area contributed by atoms with E-state index in [1.54, 1.807) is 7.11 Å². The molecule has 0 spiro atoms. The summed E-state index contributed by atoms with van der Waals surface area (Å²) in [6.45, 7) is 7.67. The zero-order valence-electron chi connectivity index (χ0n) is 14.4. The highest BCUT2D eigenvalue weighted by atomic mass is 16.5. The predicted molar refractivity (Wildman–Crippen MR) is 93.5 cm³/mol. The molecule has 0 atom stereocenters. The lowest BCUT2D eigenvalue weighted by Gasteiger charge is -2.16. The van der Waals surface area contributed by atoms with Crippen LogP contribution in [0.2, 0.25) is 0 Å². The summed E-state index contributed by atoms with van der Waals surface area (Å²) in [5.41, 5.74) is 11.0. The number of hydrogen-bond donors (Lipinski definition) is 1. The van der Waals surface area contributed by atoms with Gasteiger partial charge in [0.25, 0.3) is 0 Å². The number of nitriles is 1. The number of fused-ring (bicyclic) bond motifs is 1. The molecule has 6 nitrogen and oxygen atoms in total. The first-order chi connectivity index (χ1) is 11.4. The van der Waals surface area contributed by atoms with Crippen LogP contribution in [0.15, 0.2) is 12.1 Å². The van der Waals surface area contributed by atoms with Crippen molar-refractivity contribution >= 4 is 16.9 Å². The molecule has 1 aromatic carbocycles. The average molecular weight is 321 g/mol. The van der Waals surface area contributed by atoms with Gasteiger partial charge < -0.3 is 10.5 Å². The van der Waals surface area contributed by atoms with Gasteiger partial charge >= 0.3 is 0 Å². The molecule has 3 aromatic rings. The van der Waals surface area contributed by atoms with E-state index < -0.39 is 0 Å². The Labute approximate surface area is 140 Å². The van der Waals surface area contributed by atoms with E-state index in [4.69, 9.17) is 10.5 Å². The van der Waals surface area contributed by atoms with E-state index in [2.05, 4.69) is 16.0 Å². The molecule has 2 aromatic heterocycles. The van der Waals surface area contributed by atoms with Gasteiger partial charge in [-0.15, -0.1) is 0 Å². The number of anilines is 1. The van der Waals surface area contributed by atoms with E-state index in [0.717, 1.165) is 28.3 Å². The Hall–Kier alpha value is -3.07. The van der Waals surface area contributed by atoms with Gasteiger partial charge in [-0.2, -0.15) is 5.26 Å². The van der Waals surface area contributed by atoms with Crippen LogP contribution >= 0.6 is 0 Å². The number of aryl methyl sites for hydroxylation is 3. The number of aromatic nitrogens is 3. The smallest absolute Gasteiger partial charge is 0.151 e. The molecule has 0 amide bonds. The maximum Gasteiger partial charge on any atom is 0.151 e. The maximum atomic E-state index is 9.59. The van der Waals surface area contributed by atoms with Crippen molar-refractivity contribution in [3.63, 3.8) is 0 Å². The van der Waals surface area contributed by atoms with E-state index in [0.29, 0.717) is 28.2 Å². The number of hydrogen-bond acceptors (Lipinski definition) is 5. The van der Waals surface area contributed by atoms with Crippen molar-refractivity contribution in [2.75, 3.05) is 12.8 Å². The van der Waals surface area contributed by atoms with Gasteiger partial charge in [0, 0.05) is 5.56 Å². The normalized spacial score (nSPS) is 10.8. The van der Waals surface area contributed by atoms with Crippen LogP contribution in [0.25, 0.3) is 16.7 Å². The standard InChI is InChI=1S/C18H19N5O/c1-9-6-7-14(24-5)10(2)16(9)23-17(20)13(8-19)15-11(3)21-12(4)22-18(15)23/h6-7H,20H2,1-5H3. The van der Waals surface area contributed by atoms with Crippen molar-refractivity contribution in [1.82, 2.24) is 14.5 Å². The minimum absolute atomic E-state index is 0.370. The number of benzene rings is 1. The summed E-state index contributed by atoms with van der Waals surface area (Å²) in [5.74, 6) is 1.77. The average Bonchev–Trinajstić information content (AvgIpc) is 2.80. The summed E-state index contributed by atoms with van der Waals surface area (Å²) in [7, 11) is 1.63. The van der Waals surface area contributed by atoms with Crippen LogP contribution in [-0.2, 0) is 0 Å². The summed E-state index contributed by atoms with van der Waals surface area (Å²) in [6.07, 6.45) is 0. The fraction of sp³-hybridized carbons (Fsp3) is 0.278. The summed E-state index contributed by atoms with van der Waals surface area (Å²) in [4.78, 5) is 8.94. The topological polar surface area (TPSA) is 89.8 Å². The van der Waals surface area contributed by atoms with E-state index in [-0.39, 0.29) is 0 Å². The summed E-state index contributed by atoms with van der Waals surface area (Å²) >= 11 is 0. The second-order valence-electron chi connectivity index (χ2n) is 5.82. The molecule has 0 saturated heterocycles. The summed E-state index contributed by atoms with van der Waals surface area (Å²) in [5, 5.41) is 10.3. The lowest BCUT2D eigenvalue weighted by atomic mass is 10.1. The fourth-order valence-corrected chi connectivity index (χ4v) is 3.22. The zero-order valence-corrected chi connectivity index (χ0v) is 14.4. The van der Waals surface area contributed by atoms with Crippen LogP contribution in [0.4, 0.5) is 5.82 Å². The Balaban J connectivity index is 2.54. The van der Waals surface area contributed by atoms with Crippen LogP contribution in [-0.4, -0.2) is 21.6 Å². The predicted octanol–water partition coefficient (Wildman–Crippen LogP) is 3.12. The minimum Gasteiger partial charge on any atom is -0.496 e. The maximum absolute atomic E-state index is 9.59. The third kappa shape index (κ3) is 2.09. The molecular formula is C18H19N5O. The Morgan fingerprint density at radius 3 is 2.50 bits per heavy atom. The Kier molecular flexibility index (Phi) is 3.64. The van der Waals surface area contributed by atoms with Crippen molar-refractivity contribution < 1.29 is 4.74 Å². The molecule has 0 fully saturated rings. The van der Waals surface area contributed by atoms with Crippen LogP contribution in [0.5, 0.6) is 5.75 Å². The van der Waals surface area contributed by atoms with E-state index >= 15 is 0 Å². The third-order valence-electron chi connectivity index (χ3n) is 4.28. The summed E-state index contributed by atoms with van der Waals surface area (Å²) in [6, 6.07) is 6.09. The van der Waals surface area contributed by atoms with Crippen molar-refractivity contribution in [2.45, 2.75) is 27.7 Å². The van der Waals surface area contributed by atoms with Gasteiger partial charge in [0.15, 0.2) is 5.65 Å². The van der Waals surface area contributed by atoms with Gasteiger partial charge in [0.05, 0.1) is 23.9 Å². The molecule has 0 saturated carbocycles. The molecule has 0 bridgehead atoms. The number of nitrogen functional groups attached to an aromatic ring is 1. The molecule has 0 aliphatic carbocycles. The molecule has 0 aliphatic rings. The second-order valence-corrected chi connectivity index (χ2v) is 5.82.